The highest BCUT2D eigenvalue weighted by Gasteiger charge is 2.31. The lowest BCUT2D eigenvalue weighted by Crippen LogP contribution is -2.07. The van der Waals surface area contributed by atoms with E-state index >= 15 is 0 Å². The average molecular weight is 456 g/mol. The minimum Gasteiger partial charge on any atom is -0.493 e. The van der Waals surface area contributed by atoms with E-state index < -0.39 is 5.97 Å². The van der Waals surface area contributed by atoms with Gasteiger partial charge in [0, 0.05) is 17.0 Å². The summed E-state index contributed by atoms with van der Waals surface area (Å²) in [7, 11) is 3.07. The van der Waals surface area contributed by atoms with Crippen LogP contribution in [-0.4, -0.2) is 26.0 Å². The maximum absolute atomic E-state index is 13.0. The smallest absolute Gasteiger partial charge is 0.379 e. The van der Waals surface area contributed by atoms with Crippen LogP contribution < -0.4 is 18.9 Å². The van der Waals surface area contributed by atoms with Gasteiger partial charge in [-0.15, -0.1) is 0 Å². The number of carbonyl (C=O) groups is 2. The Labute approximate surface area is 195 Å². The molecular formula is C27H20O7. The van der Waals surface area contributed by atoms with Gasteiger partial charge in [0.05, 0.1) is 19.8 Å². The summed E-state index contributed by atoms with van der Waals surface area (Å²) in [5, 5.41) is 0.802. The lowest BCUT2D eigenvalue weighted by Gasteiger charge is -2.10. The Hall–Kier alpha value is -4.52. The number of benzene rings is 3. The van der Waals surface area contributed by atoms with E-state index in [1.165, 1.54) is 13.2 Å². The second-order valence-electron chi connectivity index (χ2n) is 7.67. The Balaban J connectivity index is 1.43. The van der Waals surface area contributed by atoms with Crippen molar-refractivity contribution >= 4 is 28.8 Å². The van der Waals surface area contributed by atoms with Crippen molar-refractivity contribution in [3.05, 3.63) is 88.9 Å². The highest BCUT2D eigenvalue weighted by atomic mass is 16.5. The summed E-state index contributed by atoms with van der Waals surface area (Å²) in [5.41, 5.74) is 2.26. The fourth-order valence-corrected chi connectivity index (χ4v) is 3.94. The maximum atomic E-state index is 13.0. The number of hydrogen-bond acceptors (Lipinski definition) is 7. The number of methoxy groups -OCH3 is 2. The zero-order valence-corrected chi connectivity index (χ0v) is 18.7. The molecule has 0 fully saturated rings. The minimum absolute atomic E-state index is 0.0852. The number of Topliss-reactive ketones (excluding diaryl/α,β-unsaturated/α-hetero) is 1. The lowest BCUT2D eigenvalue weighted by molar-refractivity contribution is 0.0703. The van der Waals surface area contributed by atoms with Gasteiger partial charge in [0.1, 0.15) is 17.1 Å². The first-order valence-electron chi connectivity index (χ1n) is 10.5. The van der Waals surface area contributed by atoms with Crippen LogP contribution in [0, 0.1) is 6.92 Å². The average Bonchev–Trinajstić information content (AvgIpc) is 3.40. The lowest BCUT2D eigenvalue weighted by atomic mass is 10.0. The van der Waals surface area contributed by atoms with Crippen LogP contribution in [0.5, 0.6) is 23.0 Å². The van der Waals surface area contributed by atoms with Gasteiger partial charge in [-0.25, -0.2) is 4.79 Å². The summed E-state index contributed by atoms with van der Waals surface area (Å²) in [4.78, 5) is 25.7. The third-order valence-corrected chi connectivity index (χ3v) is 5.50. The van der Waals surface area contributed by atoms with E-state index in [9.17, 15) is 9.59 Å². The van der Waals surface area contributed by atoms with Crippen molar-refractivity contribution in [1.29, 1.82) is 0 Å². The SMILES string of the molecule is COc1cccc(/C=C2\Oc3cc(OC(=O)c4cc5ccccc5o4)cc(C)c3C2=O)c1OC. The number of carbonyl (C=O) groups excluding carboxylic acids is 2. The normalized spacial score (nSPS) is 13.6. The van der Waals surface area contributed by atoms with Crippen LogP contribution in [-0.2, 0) is 0 Å². The molecule has 0 bridgehead atoms. The molecule has 0 unspecified atom stereocenters. The number of para-hydroxylation sites is 2. The fourth-order valence-electron chi connectivity index (χ4n) is 3.94. The monoisotopic (exact) mass is 456 g/mol. The Bertz CT molecular complexity index is 1440. The van der Waals surface area contributed by atoms with Crippen molar-refractivity contribution in [1.82, 2.24) is 0 Å². The first-order valence-corrected chi connectivity index (χ1v) is 10.5. The van der Waals surface area contributed by atoms with Crippen LogP contribution in [0.2, 0.25) is 0 Å². The first-order chi connectivity index (χ1) is 16.5. The predicted molar refractivity (Wildman–Crippen MR) is 125 cm³/mol. The number of fused-ring (bicyclic) bond motifs is 2. The number of rotatable bonds is 5. The van der Waals surface area contributed by atoms with Crippen LogP contribution in [0.1, 0.15) is 32.0 Å². The minimum atomic E-state index is -0.642. The molecule has 5 rings (SSSR count). The number of esters is 1. The molecule has 170 valence electrons. The number of ketones is 1. The molecule has 3 aromatic carbocycles. The van der Waals surface area contributed by atoms with E-state index in [-0.39, 0.29) is 23.1 Å². The standard InChI is InChI=1S/C27H20O7/c1-15-11-18(32-27(29)23-12-16-7-4-5-9-19(16)33-23)14-21-24(15)25(28)22(34-21)13-17-8-6-10-20(30-2)26(17)31-3/h4-14H,1-3H3/b22-13-. The Kier molecular flexibility index (Phi) is 5.30. The molecule has 0 N–H and O–H groups in total. The van der Waals surface area contributed by atoms with Crippen LogP contribution in [0.4, 0.5) is 0 Å². The van der Waals surface area contributed by atoms with Gasteiger partial charge >= 0.3 is 5.97 Å². The van der Waals surface area contributed by atoms with Gasteiger partial charge in [-0.3, -0.25) is 4.79 Å². The number of ether oxygens (including phenoxy) is 4. The molecule has 0 aliphatic carbocycles. The molecule has 7 heteroatoms. The third-order valence-electron chi connectivity index (χ3n) is 5.50. The van der Waals surface area contributed by atoms with E-state index in [1.807, 2.05) is 18.2 Å². The van der Waals surface area contributed by atoms with Gasteiger partial charge in [-0.1, -0.05) is 30.3 Å². The van der Waals surface area contributed by atoms with Crippen LogP contribution in [0.25, 0.3) is 17.0 Å². The van der Waals surface area contributed by atoms with E-state index in [4.69, 9.17) is 23.4 Å². The van der Waals surface area contributed by atoms with E-state index in [0.717, 1.165) is 5.39 Å². The highest BCUT2D eigenvalue weighted by molar-refractivity contribution is 6.15. The van der Waals surface area contributed by atoms with Gasteiger partial charge in [-0.2, -0.15) is 0 Å². The van der Waals surface area contributed by atoms with Gasteiger partial charge < -0.3 is 23.4 Å². The molecule has 7 nitrogen and oxygen atoms in total. The fraction of sp³-hybridized carbons (Fsp3) is 0.111. The first kappa shape index (κ1) is 21.3. The van der Waals surface area contributed by atoms with Crippen molar-refractivity contribution in [2.75, 3.05) is 14.2 Å². The summed E-state index contributed by atoms with van der Waals surface area (Å²) in [6.45, 7) is 1.76. The van der Waals surface area contributed by atoms with Gasteiger partial charge in [0.15, 0.2) is 17.3 Å². The van der Waals surface area contributed by atoms with E-state index in [0.29, 0.717) is 39.5 Å². The topological polar surface area (TPSA) is 84.2 Å². The molecule has 2 heterocycles. The molecule has 0 atom stereocenters. The van der Waals surface area contributed by atoms with Crippen LogP contribution in [0.3, 0.4) is 0 Å². The second kappa shape index (κ2) is 8.44. The number of allylic oxidation sites excluding steroid dienone is 1. The molecule has 1 aliphatic heterocycles. The molecule has 34 heavy (non-hydrogen) atoms. The van der Waals surface area contributed by atoms with Crippen molar-refractivity contribution in [2.45, 2.75) is 6.92 Å². The molecule has 1 aromatic heterocycles. The summed E-state index contributed by atoms with van der Waals surface area (Å²) in [6.07, 6.45) is 1.60. The third kappa shape index (κ3) is 3.67. The molecule has 1 aliphatic rings. The molecule has 0 saturated carbocycles. The Morgan fingerprint density at radius 2 is 1.79 bits per heavy atom. The molecule has 0 radical (unpaired) electrons. The van der Waals surface area contributed by atoms with Crippen molar-refractivity contribution in [3.8, 4) is 23.0 Å². The second-order valence-corrected chi connectivity index (χ2v) is 7.67. The zero-order chi connectivity index (χ0) is 23.8. The van der Waals surface area contributed by atoms with Crippen molar-refractivity contribution < 1.29 is 33.0 Å². The van der Waals surface area contributed by atoms with Crippen molar-refractivity contribution in [3.63, 3.8) is 0 Å². The molecule has 0 spiro atoms. The zero-order valence-electron chi connectivity index (χ0n) is 18.7. The molecule has 0 amide bonds. The predicted octanol–water partition coefficient (Wildman–Crippen LogP) is 5.59. The molecular weight excluding hydrogens is 436 g/mol. The number of aryl methyl sites for hydroxylation is 1. The summed E-state index contributed by atoms with van der Waals surface area (Å²) >= 11 is 0. The molecule has 0 saturated heterocycles. The van der Waals surface area contributed by atoms with E-state index in [1.54, 1.807) is 56.5 Å². The quantitative estimate of drug-likeness (QED) is 0.220. The largest absolute Gasteiger partial charge is 0.493 e. The Morgan fingerprint density at radius 3 is 2.56 bits per heavy atom. The summed E-state index contributed by atoms with van der Waals surface area (Å²) in [6, 6.07) is 17.4. The maximum Gasteiger partial charge on any atom is 0.379 e. The highest BCUT2D eigenvalue weighted by Crippen LogP contribution is 2.39. The number of furan rings is 1. The number of hydrogen-bond donors (Lipinski definition) is 0. The van der Waals surface area contributed by atoms with Crippen LogP contribution in [0.15, 0.2) is 70.8 Å². The van der Waals surface area contributed by atoms with Gasteiger partial charge in [-0.05, 0) is 42.8 Å². The summed E-state index contributed by atoms with van der Waals surface area (Å²) in [5.74, 6) is 0.884. The van der Waals surface area contributed by atoms with Gasteiger partial charge in [0.2, 0.25) is 11.5 Å². The molecule has 4 aromatic rings. The summed E-state index contributed by atoms with van der Waals surface area (Å²) < 4.78 is 27.7. The van der Waals surface area contributed by atoms with E-state index in [2.05, 4.69) is 0 Å². The van der Waals surface area contributed by atoms with Gasteiger partial charge in [0.25, 0.3) is 0 Å². The Morgan fingerprint density at radius 1 is 0.971 bits per heavy atom. The van der Waals surface area contributed by atoms with Crippen LogP contribution >= 0.6 is 0 Å². The van der Waals surface area contributed by atoms with Crippen molar-refractivity contribution in [2.24, 2.45) is 0 Å².